The maximum absolute atomic E-state index is 11.4. The monoisotopic (exact) mass is 181 g/mol. The standard InChI is InChI=1S/C9H15N3O/c10-5-1-2-6-12-8(13)9(7-11)3-4-9/h1-4,6-7,11H2,(H,12,13). The van der Waals surface area contributed by atoms with Crippen LogP contribution in [0.25, 0.3) is 0 Å². The lowest BCUT2D eigenvalue weighted by Gasteiger charge is -2.11. The second-order valence-corrected chi connectivity index (χ2v) is 3.50. The summed E-state index contributed by atoms with van der Waals surface area (Å²) in [6.07, 6.45) is 3.04. The zero-order valence-electron chi connectivity index (χ0n) is 7.68. The van der Waals surface area contributed by atoms with Crippen LogP contribution in [0, 0.1) is 16.7 Å². The molecule has 1 fully saturated rings. The average molecular weight is 181 g/mol. The van der Waals surface area contributed by atoms with Crippen molar-refractivity contribution in [2.45, 2.75) is 25.7 Å². The van der Waals surface area contributed by atoms with Crippen LogP contribution >= 0.6 is 0 Å². The Balaban J connectivity index is 2.15. The van der Waals surface area contributed by atoms with Gasteiger partial charge in [0.15, 0.2) is 0 Å². The first-order valence-electron chi connectivity index (χ1n) is 4.60. The van der Waals surface area contributed by atoms with Crippen LogP contribution in [0.2, 0.25) is 0 Å². The van der Waals surface area contributed by atoms with Gasteiger partial charge in [-0.25, -0.2) is 0 Å². The molecule has 4 heteroatoms. The van der Waals surface area contributed by atoms with Crippen molar-refractivity contribution in [1.82, 2.24) is 5.32 Å². The summed E-state index contributed by atoms with van der Waals surface area (Å²) in [5.74, 6) is 0.0629. The van der Waals surface area contributed by atoms with Crippen molar-refractivity contribution in [1.29, 1.82) is 5.26 Å². The largest absolute Gasteiger partial charge is 0.356 e. The van der Waals surface area contributed by atoms with Crippen molar-refractivity contribution in [3.05, 3.63) is 0 Å². The highest BCUT2D eigenvalue weighted by atomic mass is 16.2. The van der Waals surface area contributed by atoms with E-state index in [0.29, 0.717) is 19.5 Å². The quantitative estimate of drug-likeness (QED) is 0.592. The Hall–Kier alpha value is -1.08. The Labute approximate surface area is 78.1 Å². The second-order valence-electron chi connectivity index (χ2n) is 3.50. The Morgan fingerprint density at radius 3 is 2.77 bits per heavy atom. The fourth-order valence-electron chi connectivity index (χ4n) is 1.23. The molecule has 13 heavy (non-hydrogen) atoms. The molecule has 3 N–H and O–H groups in total. The van der Waals surface area contributed by atoms with E-state index in [1.807, 2.05) is 6.07 Å². The van der Waals surface area contributed by atoms with Crippen molar-refractivity contribution < 1.29 is 4.79 Å². The van der Waals surface area contributed by atoms with Crippen LogP contribution < -0.4 is 11.1 Å². The first kappa shape index (κ1) is 10.0. The van der Waals surface area contributed by atoms with Gasteiger partial charge in [-0.1, -0.05) is 0 Å². The molecule has 1 aliphatic rings. The van der Waals surface area contributed by atoms with Crippen LogP contribution in [0.4, 0.5) is 0 Å². The van der Waals surface area contributed by atoms with Crippen molar-refractivity contribution in [2.75, 3.05) is 13.1 Å². The van der Waals surface area contributed by atoms with Gasteiger partial charge in [-0.15, -0.1) is 0 Å². The molecule has 0 atom stereocenters. The van der Waals surface area contributed by atoms with E-state index in [1.165, 1.54) is 0 Å². The van der Waals surface area contributed by atoms with Crippen LogP contribution in [0.15, 0.2) is 0 Å². The molecule has 0 saturated heterocycles. The van der Waals surface area contributed by atoms with Gasteiger partial charge in [0, 0.05) is 19.5 Å². The molecule has 0 aromatic carbocycles. The number of carbonyl (C=O) groups is 1. The zero-order valence-corrected chi connectivity index (χ0v) is 7.68. The van der Waals surface area contributed by atoms with E-state index in [9.17, 15) is 4.79 Å². The predicted octanol–water partition coefficient (Wildman–Crippen LogP) is 0.145. The number of carbonyl (C=O) groups excluding carboxylic acids is 1. The molecule has 0 aromatic heterocycles. The van der Waals surface area contributed by atoms with E-state index in [2.05, 4.69) is 5.32 Å². The van der Waals surface area contributed by atoms with Crippen LogP contribution in [0.1, 0.15) is 25.7 Å². The van der Waals surface area contributed by atoms with E-state index in [0.717, 1.165) is 19.3 Å². The van der Waals surface area contributed by atoms with Crippen LogP contribution in [-0.2, 0) is 4.79 Å². The number of amides is 1. The molecular formula is C9H15N3O. The molecule has 1 rings (SSSR count). The van der Waals surface area contributed by atoms with Crippen molar-refractivity contribution in [2.24, 2.45) is 11.1 Å². The van der Waals surface area contributed by atoms with E-state index < -0.39 is 0 Å². The minimum absolute atomic E-state index is 0.0629. The van der Waals surface area contributed by atoms with E-state index in [4.69, 9.17) is 11.0 Å². The summed E-state index contributed by atoms with van der Waals surface area (Å²) in [7, 11) is 0. The smallest absolute Gasteiger partial charge is 0.227 e. The number of nitrogens with one attached hydrogen (secondary N) is 1. The number of nitrogens with zero attached hydrogens (tertiary/aromatic N) is 1. The normalized spacial score (nSPS) is 17.5. The van der Waals surface area contributed by atoms with Crippen LogP contribution in [-0.4, -0.2) is 19.0 Å². The lowest BCUT2D eigenvalue weighted by molar-refractivity contribution is -0.125. The van der Waals surface area contributed by atoms with E-state index in [-0.39, 0.29) is 11.3 Å². The molecule has 0 bridgehead atoms. The lowest BCUT2D eigenvalue weighted by Crippen LogP contribution is -2.36. The first-order chi connectivity index (χ1) is 6.25. The lowest BCUT2D eigenvalue weighted by atomic mass is 10.1. The fourth-order valence-corrected chi connectivity index (χ4v) is 1.23. The summed E-state index contributed by atoms with van der Waals surface area (Å²) < 4.78 is 0. The zero-order chi connectivity index (χ0) is 9.73. The first-order valence-corrected chi connectivity index (χ1v) is 4.60. The predicted molar refractivity (Wildman–Crippen MR) is 48.6 cm³/mol. The van der Waals surface area contributed by atoms with Gasteiger partial charge in [-0.05, 0) is 19.3 Å². The summed E-state index contributed by atoms with van der Waals surface area (Å²) in [6, 6.07) is 2.03. The highest BCUT2D eigenvalue weighted by Gasteiger charge is 2.48. The van der Waals surface area contributed by atoms with Gasteiger partial charge in [0.1, 0.15) is 0 Å². The van der Waals surface area contributed by atoms with Gasteiger partial charge in [-0.3, -0.25) is 4.79 Å². The molecule has 72 valence electrons. The van der Waals surface area contributed by atoms with Gasteiger partial charge in [0.2, 0.25) is 5.91 Å². The van der Waals surface area contributed by atoms with Crippen molar-refractivity contribution >= 4 is 5.91 Å². The summed E-state index contributed by atoms with van der Waals surface area (Å²) >= 11 is 0. The second kappa shape index (κ2) is 4.24. The highest BCUT2D eigenvalue weighted by Crippen LogP contribution is 2.44. The van der Waals surface area contributed by atoms with Crippen molar-refractivity contribution in [3.63, 3.8) is 0 Å². The van der Waals surface area contributed by atoms with Gasteiger partial charge < -0.3 is 11.1 Å². The Kier molecular flexibility index (Phi) is 3.26. The topological polar surface area (TPSA) is 78.9 Å². The summed E-state index contributed by atoms with van der Waals surface area (Å²) in [4.78, 5) is 11.4. The van der Waals surface area contributed by atoms with Crippen molar-refractivity contribution in [3.8, 4) is 6.07 Å². The molecule has 0 heterocycles. The Morgan fingerprint density at radius 1 is 1.62 bits per heavy atom. The van der Waals surface area contributed by atoms with Crippen LogP contribution in [0.5, 0.6) is 0 Å². The Morgan fingerprint density at radius 2 is 2.31 bits per heavy atom. The number of hydrogen-bond acceptors (Lipinski definition) is 3. The fraction of sp³-hybridized carbons (Fsp3) is 0.778. The Bertz CT molecular complexity index is 228. The average Bonchev–Trinajstić information content (AvgIpc) is 2.93. The molecule has 1 saturated carbocycles. The SMILES string of the molecule is N#CCCCNC(=O)C1(CN)CC1. The van der Waals surface area contributed by atoms with Gasteiger partial charge in [-0.2, -0.15) is 5.26 Å². The molecule has 1 aliphatic carbocycles. The molecule has 0 radical (unpaired) electrons. The van der Waals surface area contributed by atoms with Crippen LogP contribution in [0.3, 0.4) is 0 Å². The minimum atomic E-state index is -0.257. The molecule has 0 aliphatic heterocycles. The summed E-state index contributed by atoms with van der Waals surface area (Å²) in [6.45, 7) is 1.03. The molecular weight excluding hydrogens is 166 g/mol. The van der Waals surface area contributed by atoms with Gasteiger partial charge in [0.25, 0.3) is 0 Å². The summed E-state index contributed by atoms with van der Waals surface area (Å²) in [5, 5.41) is 11.1. The minimum Gasteiger partial charge on any atom is -0.356 e. The number of unbranched alkanes of at least 4 members (excludes halogenated alkanes) is 1. The molecule has 0 spiro atoms. The number of hydrogen-bond donors (Lipinski definition) is 2. The van der Waals surface area contributed by atoms with E-state index in [1.54, 1.807) is 0 Å². The molecule has 4 nitrogen and oxygen atoms in total. The van der Waals surface area contributed by atoms with Gasteiger partial charge >= 0.3 is 0 Å². The molecule has 1 amide bonds. The molecule has 0 aromatic rings. The maximum atomic E-state index is 11.4. The van der Waals surface area contributed by atoms with Gasteiger partial charge in [0.05, 0.1) is 11.5 Å². The number of nitriles is 1. The third-order valence-electron chi connectivity index (χ3n) is 2.48. The molecule has 0 unspecified atom stereocenters. The highest BCUT2D eigenvalue weighted by molar-refractivity contribution is 5.85. The summed E-state index contributed by atoms with van der Waals surface area (Å²) in [5.41, 5.74) is 5.23. The third kappa shape index (κ3) is 2.43. The maximum Gasteiger partial charge on any atom is 0.227 e. The third-order valence-corrected chi connectivity index (χ3v) is 2.48. The number of rotatable bonds is 5. The van der Waals surface area contributed by atoms with E-state index >= 15 is 0 Å². The number of nitrogens with two attached hydrogens (primary N) is 1.